The first-order valence-electron chi connectivity index (χ1n) is 4.86. The van der Waals surface area contributed by atoms with Gasteiger partial charge in [-0.3, -0.25) is 0 Å². The summed E-state index contributed by atoms with van der Waals surface area (Å²) in [4.78, 5) is 0. The normalized spacial score (nSPS) is 36.2. The van der Waals surface area contributed by atoms with Crippen LogP contribution in [-0.4, -0.2) is 21.7 Å². The summed E-state index contributed by atoms with van der Waals surface area (Å²) in [6.07, 6.45) is 3.57. The minimum Gasteiger partial charge on any atom is -0.396 e. The summed E-state index contributed by atoms with van der Waals surface area (Å²) in [7, 11) is 0. The molecule has 0 aliphatic carbocycles. The van der Waals surface area contributed by atoms with Gasteiger partial charge in [-0.05, 0) is 25.2 Å². The third-order valence-corrected chi connectivity index (χ3v) is 4.84. The summed E-state index contributed by atoms with van der Waals surface area (Å²) >= 11 is 2.09. The Morgan fingerprint density at radius 1 is 1.58 bits per heavy atom. The second-order valence-electron chi connectivity index (χ2n) is 4.36. The Balaban J connectivity index is 2.43. The van der Waals surface area contributed by atoms with Gasteiger partial charge in [0.05, 0.1) is 0 Å². The molecule has 1 heterocycles. The molecule has 1 nitrogen and oxygen atoms in total. The SMILES string of the molecule is CC(C)[C@H]1CC[C@](C)(CCO)S1. The van der Waals surface area contributed by atoms with Gasteiger partial charge in [-0.25, -0.2) is 0 Å². The number of hydrogen-bond acceptors (Lipinski definition) is 2. The van der Waals surface area contributed by atoms with Gasteiger partial charge in [0.25, 0.3) is 0 Å². The molecule has 0 unspecified atom stereocenters. The molecule has 2 atom stereocenters. The zero-order valence-corrected chi connectivity index (χ0v) is 9.16. The number of thioether (sulfide) groups is 1. The molecule has 1 N–H and O–H groups in total. The van der Waals surface area contributed by atoms with E-state index in [9.17, 15) is 0 Å². The molecule has 12 heavy (non-hydrogen) atoms. The van der Waals surface area contributed by atoms with Gasteiger partial charge in [0.1, 0.15) is 0 Å². The molecule has 0 amide bonds. The van der Waals surface area contributed by atoms with E-state index in [2.05, 4.69) is 32.5 Å². The maximum atomic E-state index is 8.90. The lowest BCUT2D eigenvalue weighted by Gasteiger charge is -2.23. The Morgan fingerprint density at radius 2 is 2.25 bits per heavy atom. The van der Waals surface area contributed by atoms with Crippen LogP contribution in [0.5, 0.6) is 0 Å². The number of aliphatic hydroxyl groups excluding tert-OH is 1. The van der Waals surface area contributed by atoms with Gasteiger partial charge in [0.15, 0.2) is 0 Å². The van der Waals surface area contributed by atoms with Crippen LogP contribution in [0.15, 0.2) is 0 Å². The second-order valence-corrected chi connectivity index (χ2v) is 6.19. The van der Waals surface area contributed by atoms with E-state index in [1.807, 2.05) is 0 Å². The van der Waals surface area contributed by atoms with Crippen LogP contribution in [0, 0.1) is 5.92 Å². The first-order chi connectivity index (χ1) is 5.57. The quantitative estimate of drug-likeness (QED) is 0.735. The highest BCUT2D eigenvalue weighted by molar-refractivity contribution is 8.01. The smallest absolute Gasteiger partial charge is 0.0444 e. The van der Waals surface area contributed by atoms with Gasteiger partial charge < -0.3 is 5.11 Å². The second kappa shape index (κ2) is 4.01. The molecule has 0 spiro atoms. The molecule has 1 fully saturated rings. The summed E-state index contributed by atoms with van der Waals surface area (Å²) in [5, 5.41) is 9.72. The first-order valence-corrected chi connectivity index (χ1v) is 5.74. The Kier molecular flexibility index (Phi) is 3.47. The van der Waals surface area contributed by atoms with E-state index in [4.69, 9.17) is 5.11 Å². The summed E-state index contributed by atoms with van der Waals surface area (Å²) in [5.74, 6) is 0.788. The molecule has 0 bridgehead atoms. The number of rotatable bonds is 3. The molecule has 0 aromatic carbocycles. The van der Waals surface area contributed by atoms with Crippen LogP contribution in [-0.2, 0) is 0 Å². The van der Waals surface area contributed by atoms with Crippen molar-refractivity contribution in [1.29, 1.82) is 0 Å². The molecule has 1 aliphatic heterocycles. The monoisotopic (exact) mass is 188 g/mol. The van der Waals surface area contributed by atoms with E-state index in [1.165, 1.54) is 12.8 Å². The van der Waals surface area contributed by atoms with Crippen LogP contribution in [0.2, 0.25) is 0 Å². The van der Waals surface area contributed by atoms with Crippen molar-refractivity contribution < 1.29 is 5.11 Å². The molecule has 2 heteroatoms. The average molecular weight is 188 g/mol. The van der Waals surface area contributed by atoms with Crippen molar-refractivity contribution >= 4 is 11.8 Å². The highest BCUT2D eigenvalue weighted by atomic mass is 32.2. The lowest BCUT2D eigenvalue weighted by atomic mass is 9.98. The van der Waals surface area contributed by atoms with Crippen LogP contribution in [0.3, 0.4) is 0 Å². The average Bonchev–Trinajstić information content (AvgIpc) is 2.33. The van der Waals surface area contributed by atoms with E-state index < -0.39 is 0 Å². The Morgan fingerprint density at radius 3 is 2.67 bits per heavy atom. The largest absolute Gasteiger partial charge is 0.396 e. The minimum absolute atomic E-state index is 0.342. The van der Waals surface area contributed by atoms with Gasteiger partial charge in [0.2, 0.25) is 0 Å². The van der Waals surface area contributed by atoms with Gasteiger partial charge in [-0.2, -0.15) is 11.8 Å². The third-order valence-electron chi connectivity index (χ3n) is 2.78. The number of aliphatic hydroxyl groups is 1. The van der Waals surface area contributed by atoms with Crippen molar-refractivity contribution in [2.24, 2.45) is 5.92 Å². The molecule has 0 aromatic heterocycles. The van der Waals surface area contributed by atoms with E-state index in [0.29, 0.717) is 11.4 Å². The fourth-order valence-corrected chi connectivity index (χ4v) is 3.50. The molecule has 1 aliphatic rings. The molecule has 0 saturated carbocycles. The van der Waals surface area contributed by atoms with Crippen LogP contribution < -0.4 is 0 Å². The highest BCUT2D eigenvalue weighted by Crippen LogP contribution is 2.47. The molecule has 0 radical (unpaired) electrons. The summed E-state index contributed by atoms with van der Waals surface area (Å²) in [6.45, 7) is 7.22. The topological polar surface area (TPSA) is 20.2 Å². The van der Waals surface area contributed by atoms with Crippen molar-refractivity contribution in [3.05, 3.63) is 0 Å². The zero-order valence-electron chi connectivity index (χ0n) is 8.34. The van der Waals surface area contributed by atoms with Crippen molar-refractivity contribution in [2.75, 3.05) is 6.61 Å². The van der Waals surface area contributed by atoms with Crippen molar-refractivity contribution in [2.45, 2.75) is 50.0 Å². The van der Waals surface area contributed by atoms with Crippen LogP contribution >= 0.6 is 11.8 Å². The molecule has 0 aromatic rings. The van der Waals surface area contributed by atoms with E-state index in [0.717, 1.165) is 17.6 Å². The summed E-state index contributed by atoms with van der Waals surface area (Å²) < 4.78 is 0.365. The Labute approximate surface area is 79.9 Å². The fraction of sp³-hybridized carbons (Fsp3) is 1.00. The predicted octanol–water partition coefficient (Wildman–Crippen LogP) is 2.68. The van der Waals surface area contributed by atoms with Gasteiger partial charge in [-0.15, -0.1) is 0 Å². The van der Waals surface area contributed by atoms with E-state index >= 15 is 0 Å². The first kappa shape index (κ1) is 10.4. The maximum absolute atomic E-state index is 8.90. The third kappa shape index (κ3) is 2.40. The summed E-state index contributed by atoms with van der Waals surface area (Å²) in [6, 6.07) is 0. The van der Waals surface area contributed by atoms with E-state index in [-0.39, 0.29) is 0 Å². The standard InChI is InChI=1S/C10H20OS/c1-8(2)9-4-5-10(3,12-9)6-7-11/h8-9,11H,4-7H2,1-3H3/t9-,10-/m1/s1. The maximum Gasteiger partial charge on any atom is 0.0444 e. The Bertz CT molecular complexity index is 147. The van der Waals surface area contributed by atoms with Gasteiger partial charge in [-0.1, -0.05) is 20.8 Å². The van der Waals surface area contributed by atoms with Gasteiger partial charge in [0, 0.05) is 16.6 Å². The Hall–Kier alpha value is 0.310. The van der Waals surface area contributed by atoms with Crippen LogP contribution in [0.25, 0.3) is 0 Å². The van der Waals surface area contributed by atoms with Crippen molar-refractivity contribution in [3.63, 3.8) is 0 Å². The lowest BCUT2D eigenvalue weighted by molar-refractivity contribution is 0.270. The lowest BCUT2D eigenvalue weighted by Crippen LogP contribution is -2.18. The van der Waals surface area contributed by atoms with Crippen molar-refractivity contribution in [1.82, 2.24) is 0 Å². The molecule has 1 rings (SSSR count). The van der Waals surface area contributed by atoms with Crippen LogP contribution in [0.4, 0.5) is 0 Å². The summed E-state index contributed by atoms with van der Waals surface area (Å²) in [5.41, 5.74) is 0. The number of hydrogen-bond donors (Lipinski definition) is 1. The molecular formula is C10H20OS. The van der Waals surface area contributed by atoms with Crippen molar-refractivity contribution in [3.8, 4) is 0 Å². The van der Waals surface area contributed by atoms with Crippen LogP contribution in [0.1, 0.15) is 40.0 Å². The minimum atomic E-state index is 0.342. The highest BCUT2D eigenvalue weighted by Gasteiger charge is 2.36. The molecule has 72 valence electrons. The fourth-order valence-electron chi connectivity index (χ4n) is 1.82. The van der Waals surface area contributed by atoms with Gasteiger partial charge >= 0.3 is 0 Å². The molecule has 1 saturated heterocycles. The zero-order chi connectivity index (χ0) is 9.19. The molecular weight excluding hydrogens is 168 g/mol. The predicted molar refractivity (Wildman–Crippen MR) is 55.6 cm³/mol. The van der Waals surface area contributed by atoms with E-state index in [1.54, 1.807) is 0 Å².